The number of aliphatic hydroxyl groups excluding tert-OH is 1. The van der Waals surface area contributed by atoms with Crippen LogP contribution in [0.1, 0.15) is 142 Å². The molecule has 0 aliphatic heterocycles. The van der Waals surface area contributed by atoms with Gasteiger partial charge in [-0.3, -0.25) is 19.2 Å². The number of fused-ring (bicyclic) bond motifs is 2. The molecule has 314 valence electrons. The summed E-state index contributed by atoms with van der Waals surface area (Å²) < 4.78 is 19.1. The molecule has 0 atom stereocenters. The summed E-state index contributed by atoms with van der Waals surface area (Å²) in [5.74, 6) is -0.699. The highest BCUT2D eigenvalue weighted by molar-refractivity contribution is 7.21. The molecule has 1 N–H and O–H groups in total. The van der Waals surface area contributed by atoms with Crippen molar-refractivity contribution in [3.05, 3.63) is 68.4 Å². The number of carbonyl (C=O) groups is 4. The third kappa shape index (κ3) is 15.5. The van der Waals surface area contributed by atoms with Crippen molar-refractivity contribution in [3.63, 3.8) is 0 Å². The number of hydrogen-bond acceptors (Lipinski definition) is 10. The second-order valence-corrected chi connectivity index (χ2v) is 25.4. The summed E-state index contributed by atoms with van der Waals surface area (Å²) >= 11 is 2.98. The minimum Gasteiger partial charge on any atom is -0.460 e. The van der Waals surface area contributed by atoms with E-state index in [-0.39, 0.29) is 60.8 Å². The van der Waals surface area contributed by atoms with Crippen LogP contribution in [0.4, 0.5) is 0 Å². The maximum atomic E-state index is 12.6. The highest BCUT2D eigenvalue weighted by atomic mass is 32.1. The molecule has 0 saturated carbocycles. The molecule has 11 heteroatoms. The predicted molar refractivity (Wildman–Crippen MR) is 239 cm³/mol. The Morgan fingerprint density at radius 3 is 1.39 bits per heavy atom. The largest absolute Gasteiger partial charge is 0.460 e. The molecule has 0 aliphatic rings. The van der Waals surface area contributed by atoms with Crippen LogP contribution in [-0.4, -0.2) is 61.3 Å². The molecule has 2 heterocycles. The quantitative estimate of drug-likeness (QED) is 0.0513. The van der Waals surface area contributed by atoms with Crippen LogP contribution in [-0.2, 0) is 36.3 Å². The Morgan fingerprint density at radius 1 is 0.614 bits per heavy atom. The topological polar surface area (TPSA) is 116 Å². The van der Waals surface area contributed by atoms with Gasteiger partial charge in [0.1, 0.15) is 11.2 Å². The molecule has 0 amide bonds. The average molecular weight is 839 g/mol. The van der Waals surface area contributed by atoms with Crippen molar-refractivity contribution < 1.29 is 38.2 Å². The number of hydrogen-bond donors (Lipinski definition) is 1. The molecule has 0 radical (unpaired) electrons. The van der Waals surface area contributed by atoms with Crippen LogP contribution in [0.5, 0.6) is 0 Å². The molecule has 8 nitrogen and oxygen atoms in total. The lowest BCUT2D eigenvalue weighted by molar-refractivity contribution is -0.155. The number of benzene rings is 2. The molecule has 4 rings (SSSR count). The van der Waals surface area contributed by atoms with Gasteiger partial charge in [0.25, 0.3) is 0 Å². The molecular weight excluding hydrogens is 773 g/mol. The van der Waals surface area contributed by atoms with Crippen molar-refractivity contribution in [3.8, 4) is 0 Å². The second-order valence-electron chi connectivity index (χ2n) is 18.4. The van der Waals surface area contributed by atoms with Crippen LogP contribution in [0.2, 0.25) is 18.1 Å². The minimum absolute atomic E-state index is 0.000896. The summed E-state index contributed by atoms with van der Waals surface area (Å²) in [5, 5.41) is 11.4. The van der Waals surface area contributed by atoms with E-state index in [1.165, 1.54) is 44.9 Å². The molecule has 0 bridgehead atoms. The Balaban J connectivity index is 0.000000315. The van der Waals surface area contributed by atoms with Crippen molar-refractivity contribution >= 4 is 74.7 Å². The van der Waals surface area contributed by atoms with Crippen LogP contribution in [0.3, 0.4) is 0 Å². The zero-order valence-corrected chi connectivity index (χ0v) is 39.3. The highest BCUT2D eigenvalue weighted by Crippen LogP contribution is 2.37. The zero-order valence-electron chi connectivity index (χ0n) is 36.7. The van der Waals surface area contributed by atoms with E-state index >= 15 is 0 Å². The normalized spacial score (nSPS) is 12.4. The lowest BCUT2D eigenvalue weighted by Gasteiger charge is -2.36. The first-order valence-corrected chi connectivity index (χ1v) is 24.6. The summed E-state index contributed by atoms with van der Waals surface area (Å²) in [7, 11) is -1.71. The van der Waals surface area contributed by atoms with Crippen LogP contribution in [0.15, 0.2) is 36.4 Å². The monoisotopic (exact) mass is 838 g/mol. The number of thiophene rings is 2. The van der Waals surface area contributed by atoms with Gasteiger partial charge in [-0.05, 0) is 156 Å². The molecule has 4 aromatic rings. The summed E-state index contributed by atoms with van der Waals surface area (Å²) in [6.07, 6.45) is 4.09. The van der Waals surface area contributed by atoms with Crippen LogP contribution < -0.4 is 0 Å². The fourth-order valence-corrected chi connectivity index (χ4v) is 9.08. The summed E-state index contributed by atoms with van der Waals surface area (Å²) in [6.45, 7) is 27.5. The molecule has 0 spiro atoms. The maximum absolute atomic E-state index is 12.6. The van der Waals surface area contributed by atoms with E-state index in [1.807, 2.05) is 60.6 Å². The van der Waals surface area contributed by atoms with Gasteiger partial charge >= 0.3 is 11.9 Å². The van der Waals surface area contributed by atoms with Crippen molar-refractivity contribution in [2.75, 3.05) is 13.2 Å². The third-order valence-corrected chi connectivity index (χ3v) is 16.7. The SMILES string of the molecule is Cc1cc2cc(C(=O)CCC(=O)OC(C)(C)C)sc2cc1CCCO.Cc1cc2cc(C(=O)CCC(=O)OC(C)(C)C)sc2cc1CCCO[Si](C)(C)C(C)(C)C. The van der Waals surface area contributed by atoms with Gasteiger partial charge in [0.05, 0.1) is 22.6 Å². The number of Topliss-reactive ketones (excluding diaryl/α,β-unsaturated/α-hetero) is 2. The van der Waals surface area contributed by atoms with Gasteiger partial charge < -0.3 is 19.0 Å². The van der Waals surface area contributed by atoms with Gasteiger partial charge in [-0.15, -0.1) is 22.7 Å². The van der Waals surface area contributed by atoms with Crippen molar-refractivity contribution in [1.82, 2.24) is 0 Å². The fraction of sp³-hybridized carbons (Fsp3) is 0.565. The number of aryl methyl sites for hydroxylation is 4. The average Bonchev–Trinajstić information content (AvgIpc) is 3.68. The Morgan fingerprint density at radius 2 is 1.02 bits per heavy atom. The molecule has 2 aromatic carbocycles. The summed E-state index contributed by atoms with van der Waals surface area (Å²) in [6, 6.07) is 12.4. The molecule has 0 unspecified atom stereocenters. The highest BCUT2D eigenvalue weighted by Gasteiger charge is 2.36. The Hall–Kier alpha value is -3.22. The predicted octanol–water partition coefficient (Wildman–Crippen LogP) is 11.9. The third-order valence-electron chi connectivity index (χ3n) is 9.92. The Kier molecular flexibility index (Phi) is 17.0. The van der Waals surface area contributed by atoms with Gasteiger partial charge in [-0.2, -0.15) is 0 Å². The number of aliphatic hydroxyl groups is 1. The van der Waals surface area contributed by atoms with Crippen molar-refractivity contribution in [2.24, 2.45) is 0 Å². The maximum Gasteiger partial charge on any atom is 0.306 e. The molecule has 0 saturated heterocycles. The fourth-order valence-electron chi connectivity index (χ4n) is 5.84. The smallest absolute Gasteiger partial charge is 0.306 e. The van der Waals surface area contributed by atoms with E-state index < -0.39 is 19.5 Å². The van der Waals surface area contributed by atoms with E-state index in [1.54, 1.807) is 0 Å². The molecule has 0 aliphatic carbocycles. The summed E-state index contributed by atoms with van der Waals surface area (Å²) in [5.41, 5.74) is 3.88. The van der Waals surface area contributed by atoms with Crippen LogP contribution in [0, 0.1) is 13.8 Å². The first-order chi connectivity index (χ1) is 26.3. The van der Waals surface area contributed by atoms with Gasteiger partial charge in [0.15, 0.2) is 19.9 Å². The lowest BCUT2D eigenvalue weighted by atomic mass is 10.0. The first-order valence-electron chi connectivity index (χ1n) is 20.1. The number of ketones is 2. The van der Waals surface area contributed by atoms with Crippen LogP contribution in [0.25, 0.3) is 20.2 Å². The standard InChI is InChI=1S/C26H40O4SSi.C20H26O4S/c1-18-15-20-17-23(21(27)12-13-24(28)30-25(2,3)4)31-22(20)16-19(18)11-10-14-29-32(8,9)26(5,6)7;1-13-10-15-12-18(25-17(15)11-14(13)6-5-9-21)16(22)7-8-19(23)24-20(2,3)4/h15-17H,10-14H2,1-9H3;10-12,21H,5-9H2,1-4H3. The van der Waals surface area contributed by atoms with Crippen molar-refractivity contribution in [1.29, 1.82) is 0 Å². The zero-order chi connectivity index (χ0) is 42.9. The van der Waals surface area contributed by atoms with Gasteiger partial charge in [-0.25, -0.2) is 0 Å². The molecule has 57 heavy (non-hydrogen) atoms. The number of rotatable bonds is 16. The molecule has 0 fully saturated rings. The summed E-state index contributed by atoms with van der Waals surface area (Å²) in [4.78, 5) is 50.1. The van der Waals surface area contributed by atoms with E-state index in [4.69, 9.17) is 19.0 Å². The van der Waals surface area contributed by atoms with Gasteiger partial charge in [0, 0.05) is 35.5 Å². The number of esters is 2. The van der Waals surface area contributed by atoms with E-state index in [9.17, 15) is 19.2 Å². The van der Waals surface area contributed by atoms with E-state index in [0.717, 1.165) is 52.5 Å². The van der Waals surface area contributed by atoms with E-state index in [2.05, 4.69) is 65.1 Å². The number of carbonyl (C=O) groups excluding carboxylic acids is 4. The Bertz CT molecular complexity index is 2020. The minimum atomic E-state index is -1.71. The van der Waals surface area contributed by atoms with E-state index in [0.29, 0.717) is 9.75 Å². The second kappa shape index (κ2) is 20.2. The molecular formula is C46H66O8S2Si. The van der Waals surface area contributed by atoms with Crippen LogP contribution >= 0.6 is 22.7 Å². The molecule has 2 aromatic heterocycles. The lowest BCUT2D eigenvalue weighted by Crippen LogP contribution is -2.41. The first kappa shape index (κ1) is 48.1. The van der Waals surface area contributed by atoms with Gasteiger partial charge in [0.2, 0.25) is 0 Å². The van der Waals surface area contributed by atoms with Gasteiger partial charge in [-0.1, -0.05) is 32.9 Å². The Labute approximate surface area is 349 Å². The van der Waals surface area contributed by atoms with Crippen molar-refractivity contribution in [2.45, 2.75) is 157 Å². The number of ether oxygens (including phenoxy) is 2.